The second-order valence-electron chi connectivity index (χ2n) is 6.10. The highest BCUT2D eigenvalue weighted by Gasteiger charge is 2.07. The highest BCUT2D eigenvalue weighted by Crippen LogP contribution is 2.23. The zero-order valence-corrected chi connectivity index (χ0v) is 14.5. The van der Waals surface area contributed by atoms with Crippen molar-refractivity contribution >= 4 is 10.8 Å². The minimum Gasteiger partial charge on any atom is -0.206 e. The average Bonchev–Trinajstić information content (AvgIpc) is 2.66. The minimum atomic E-state index is -0.131. The van der Waals surface area contributed by atoms with E-state index in [-0.39, 0.29) is 5.82 Å². The molecule has 0 amide bonds. The SMILES string of the molecule is C=CCCc1ccc2cc(C#Cc3ccc(CC)cc3)ccc2c1F. The third-order valence-electron chi connectivity index (χ3n) is 4.37. The Kier molecular flexibility index (Phi) is 5.31. The molecule has 0 saturated carbocycles. The van der Waals surface area contributed by atoms with Gasteiger partial charge >= 0.3 is 0 Å². The molecule has 0 radical (unpaired) electrons. The summed E-state index contributed by atoms with van der Waals surface area (Å²) in [6, 6.07) is 17.8. The molecule has 0 atom stereocenters. The molecule has 0 nitrogen and oxygen atoms in total. The van der Waals surface area contributed by atoms with Crippen LogP contribution in [0.3, 0.4) is 0 Å². The highest BCUT2D eigenvalue weighted by atomic mass is 19.1. The van der Waals surface area contributed by atoms with Gasteiger partial charge in [-0.2, -0.15) is 0 Å². The van der Waals surface area contributed by atoms with Crippen LogP contribution in [0.25, 0.3) is 10.8 Å². The van der Waals surface area contributed by atoms with Gasteiger partial charge in [-0.3, -0.25) is 0 Å². The van der Waals surface area contributed by atoms with E-state index in [9.17, 15) is 4.39 Å². The van der Waals surface area contributed by atoms with Crippen LogP contribution in [0.15, 0.2) is 67.3 Å². The van der Waals surface area contributed by atoms with Gasteiger partial charge in [0.25, 0.3) is 0 Å². The van der Waals surface area contributed by atoms with Crippen molar-refractivity contribution in [1.82, 2.24) is 0 Å². The molecule has 124 valence electrons. The zero-order valence-electron chi connectivity index (χ0n) is 14.5. The number of halogens is 1. The second-order valence-corrected chi connectivity index (χ2v) is 6.10. The van der Waals surface area contributed by atoms with Crippen LogP contribution < -0.4 is 0 Å². The molecule has 0 aliphatic rings. The topological polar surface area (TPSA) is 0 Å². The van der Waals surface area contributed by atoms with E-state index in [2.05, 4.69) is 37.5 Å². The van der Waals surface area contributed by atoms with Gasteiger partial charge in [-0.1, -0.05) is 55.2 Å². The number of fused-ring (bicyclic) bond motifs is 1. The van der Waals surface area contributed by atoms with Crippen LogP contribution >= 0.6 is 0 Å². The van der Waals surface area contributed by atoms with Gasteiger partial charge in [0.15, 0.2) is 0 Å². The van der Waals surface area contributed by atoms with E-state index < -0.39 is 0 Å². The van der Waals surface area contributed by atoms with Gasteiger partial charge in [-0.15, -0.1) is 6.58 Å². The predicted octanol–water partition coefficient (Wildman–Crippen LogP) is 6.06. The summed E-state index contributed by atoms with van der Waals surface area (Å²) in [6.45, 7) is 5.83. The average molecular weight is 328 g/mol. The van der Waals surface area contributed by atoms with Crippen molar-refractivity contribution in [2.24, 2.45) is 0 Å². The summed E-state index contributed by atoms with van der Waals surface area (Å²) in [5.41, 5.74) is 3.93. The first kappa shape index (κ1) is 17.0. The largest absolute Gasteiger partial charge is 0.206 e. The summed E-state index contributed by atoms with van der Waals surface area (Å²) in [5, 5.41) is 1.53. The van der Waals surface area contributed by atoms with Crippen molar-refractivity contribution in [3.63, 3.8) is 0 Å². The molecule has 3 aromatic rings. The van der Waals surface area contributed by atoms with Gasteiger partial charge in [-0.25, -0.2) is 4.39 Å². The molecule has 1 heteroatoms. The molecule has 0 N–H and O–H groups in total. The minimum absolute atomic E-state index is 0.131. The summed E-state index contributed by atoms with van der Waals surface area (Å²) in [7, 11) is 0. The lowest BCUT2D eigenvalue weighted by Crippen LogP contribution is -1.92. The van der Waals surface area contributed by atoms with Crippen LogP contribution in [0.4, 0.5) is 4.39 Å². The Morgan fingerprint density at radius 1 is 0.960 bits per heavy atom. The fourth-order valence-corrected chi connectivity index (χ4v) is 2.83. The van der Waals surface area contributed by atoms with E-state index in [0.29, 0.717) is 11.8 Å². The fraction of sp³-hybridized carbons (Fsp3) is 0.167. The van der Waals surface area contributed by atoms with Crippen LogP contribution in [0, 0.1) is 17.7 Å². The van der Waals surface area contributed by atoms with Gasteiger partial charge in [0, 0.05) is 16.5 Å². The number of allylic oxidation sites excluding steroid dienone is 1. The molecule has 0 heterocycles. The Balaban J connectivity index is 1.88. The van der Waals surface area contributed by atoms with E-state index >= 15 is 0 Å². The number of hydrogen-bond donors (Lipinski definition) is 0. The standard InChI is InChI=1S/C24H21F/c1-3-5-6-21-14-15-22-17-20(13-16-23(22)24(21)25)12-11-19-9-7-18(4-2)8-10-19/h3,7-10,13-17H,1,4-6H2,2H3. The van der Waals surface area contributed by atoms with Crippen LogP contribution in [-0.2, 0) is 12.8 Å². The molecule has 25 heavy (non-hydrogen) atoms. The summed E-state index contributed by atoms with van der Waals surface area (Å²) >= 11 is 0. The number of aryl methyl sites for hydroxylation is 2. The van der Waals surface area contributed by atoms with Crippen molar-refractivity contribution in [3.05, 3.63) is 95.3 Å². The van der Waals surface area contributed by atoms with Crippen molar-refractivity contribution < 1.29 is 4.39 Å². The quantitative estimate of drug-likeness (QED) is 0.403. The molecule has 0 spiro atoms. The van der Waals surface area contributed by atoms with Gasteiger partial charge < -0.3 is 0 Å². The predicted molar refractivity (Wildman–Crippen MR) is 104 cm³/mol. The van der Waals surface area contributed by atoms with E-state index in [0.717, 1.165) is 34.9 Å². The van der Waals surface area contributed by atoms with E-state index in [4.69, 9.17) is 0 Å². The lowest BCUT2D eigenvalue weighted by molar-refractivity contribution is 0.621. The summed E-state index contributed by atoms with van der Waals surface area (Å²) < 4.78 is 14.6. The third-order valence-corrected chi connectivity index (χ3v) is 4.37. The Hall–Kier alpha value is -2.85. The van der Waals surface area contributed by atoms with Crippen molar-refractivity contribution in [2.45, 2.75) is 26.2 Å². The molecule has 0 aromatic heterocycles. The molecule has 0 fully saturated rings. The van der Waals surface area contributed by atoms with Gasteiger partial charge in [0.1, 0.15) is 5.82 Å². The second kappa shape index (κ2) is 7.81. The lowest BCUT2D eigenvalue weighted by atomic mass is 10.0. The monoisotopic (exact) mass is 328 g/mol. The van der Waals surface area contributed by atoms with Crippen molar-refractivity contribution in [2.75, 3.05) is 0 Å². The Bertz CT molecular complexity index is 953. The first-order valence-electron chi connectivity index (χ1n) is 8.64. The molecule has 3 rings (SSSR count). The van der Waals surface area contributed by atoms with Gasteiger partial charge in [-0.05, 0) is 60.0 Å². The van der Waals surface area contributed by atoms with E-state index in [1.54, 1.807) is 0 Å². The van der Waals surface area contributed by atoms with Crippen molar-refractivity contribution in [3.8, 4) is 11.8 Å². The number of rotatable bonds is 4. The molecule has 0 aliphatic carbocycles. The maximum Gasteiger partial charge on any atom is 0.134 e. The van der Waals surface area contributed by atoms with Crippen molar-refractivity contribution in [1.29, 1.82) is 0 Å². The smallest absolute Gasteiger partial charge is 0.134 e. The molecule has 0 bridgehead atoms. The Morgan fingerprint density at radius 3 is 2.40 bits per heavy atom. The Morgan fingerprint density at radius 2 is 1.68 bits per heavy atom. The summed E-state index contributed by atoms with van der Waals surface area (Å²) in [4.78, 5) is 0. The lowest BCUT2D eigenvalue weighted by Gasteiger charge is -2.06. The Labute approximate surface area is 149 Å². The first-order valence-corrected chi connectivity index (χ1v) is 8.64. The third kappa shape index (κ3) is 3.98. The molecule has 0 unspecified atom stereocenters. The summed E-state index contributed by atoms with van der Waals surface area (Å²) in [5.74, 6) is 6.22. The normalized spacial score (nSPS) is 10.3. The van der Waals surface area contributed by atoms with Crippen LogP contribution in [0.5, 0.6) is 0 Å². The molecular weight excluding hydrogens is 307 g/mol. The van der Waals surface area contributed by atoms with Crippen LogP contribution in [0.2, 0.25) is 0 Å². The molecular formula is C24H21F. The maximum absolute atomic E-state index is 14.6. The van der Waals surface area contributed by atoms with E-state index in [1.807, 2.05) is 48.5 Å². The highest BCUT2D eigenvalue weighted by molar-refractivity contribution is 5.85. The van der Waals surface area contributed by atoms with Crippen LogP contribution in [-0.4, -0.2) is 0 Å². The fourth-order valence-electron chi connectivity index (χ4n) is 2.83. The van der Waals surface area contributed by atoms with Gasteiger partial charge in [0.05, 0.1) is 0 Å². The first-order chi connectivity index (χ1) is 12.2. The molecule has 0 saturated heterocycles. The number of benzene rings is 3. The zero-order chi connectivity index (χ0) is 17.6. The van der Waals surface area contributed by atoms with E-state index in [1.165, 1.54) is 5.56 Å². The molecule has 0 aliphatic heterocycles. The molecule has 3 aromatic carbocycles. The summed E-state index contributed by atoms with van der Waals surface area (Å²) in [6.07, 6.45) is 4.30. The maximum atomic E-state index is 14.6. The van der Waals surface area contributed by atoms with Crippen LogP contribution in [0.1, 0.15) is 35.6 Å². The van der Waals surface area contributed by atoms with Gasteiger partial charge in [0.2, 0.25) is 0 Å². The number of hydrogen-bond acceptors (Lipinski definition) is 0.